The van der Waals surface area contributed by atoms with Crippen molar-refractivity contribution in [2.75, 3.05) is 5.75 Å². The summed E-state index contributed by atoms with van der Waals surface area (Å²) in [7, 11) is -3.79. The molecule has 2 rings (SSSR count). The predicted molar refractivity (Wildman–Crippen MR) is 98.8 cm³/mol. The maximum Gasteiger partial charge on any atom is 0.308 e. The standard InChI is InChI=1S/C17H23NO6S2/c1-17(2,3)24-15(21)9-11(19)8-12(20)10-26(22,23)16-18-13-6-4-5-7-14(13)25-16/h4-7,11-12,19-20H,8-10H2,1-3H3/t11-,12+/m1/s1. The van der Waals surface area contributed by atoms with E-state index in [1.165, 1.54) is 0 Å². The number of ether oxygens (including phenoxy) is 1. The number of sulfone groups is 1. The number of esters is 1. The van der Waals surface area contributed by atoms with Crippen LogP contribution in [0.25, 0.3) is 10.2 Å². The molecule has 0 saturated heterocycles. The summed E-state index contributed by atoms with van der Waals surface area (Å²) in [5.74, 6) is -1.18. The van der Waals surface area contributed by atoms with Crippen molar-refractivity contribution in [1.82, 2.24) is 4.98 Å². The molecular weight excluding hydrogens is 378 g/mol. The highest BCUT2D eigenvalue weighted by atomic mass is 32.2. The van der Waals surface area contributed by atoms with Crippen molar-refractivity contribution in [3.8, 4) is 0 Å². The van der Waals surface area contributed by atoms with Crippen molar-refractivity contribution in [2.24, 2.45) is 0 Å². The first kappa shape index (κ1) is 20.8. The number of thiazole rings is 1. The summed E-state index contributed by atoms with van der Waals surface area (Å²) in [5, 5.41) is 19.9. The van der Waals surface area contributed by atoms with Gasteiger partial charge in [0.05, 0.1) is 34.6 Å². The van der Waals surface area contributed by atoms with Crippen molar-refractivity contribution in [1.29, 1.82) is 0 Å². The molecule has 0 aliphatic rings. The minimum absolute atomic E-state index is 0.0700. The van der Waals surface area contributed by atoms with E-state index in [1.54, 1.807) is 45.0 Å². The number of fused-ring (bicyclic) bond motifs is 1. The molecule has 0 spiro atoms. The smallest absolute Gasteiger partial charge is 0.308 e. The average molecular weight is 402 g/mol. The number of rotatable bonds is 7. The summed E-state index contributed by atoms with van der Waals surface area (Å²) in [6.45, 7) is 5.12. The van der Waals surface area contributed by atoms with Crippen LogP contribution in [0.4, 0.5) is 0 Å². The number of para-hydroxylation sites is 1. The van der Waals surface area contributed by atoms with Crippen LogP contribution in [0.2, 0.25) is 0 Å². The van der Waals surface area contributed by atoms with Gasteiger partial charge in [-0.1, -0.05) is 12.1 Å². The lowest BCUT2D eigenvalue weighted by atomic mass is 10.1. The number of aliphatic hydroxyl groups is 2. The fourth-order valence-electron chi connectivity index (χ4n) is 2.35. The van der Waals surface area contributed by atoms with Crippen LogP contribution in [0.15, 0.2) is 28.6 Å². The lowest BCUT2D eigenvalue weighted by Crippen LogP contribution is -2.30. The molecule has 7 nitrogen and oxygen atoms in total. The first-order valence-electron chi connectivity index (χ1n) is 8.12. The van der Waals surface area contributed by atoms with Crippen LogP contribution in [0, 0.1) is 0 Å². The van der Waals surface area contributed by atoms with Gasteiger partial charge in [-0.3, -0.25) is 4.79 Å². The van der Waals surface area contributed by atoms with E-state index in [1.807, 2.05) is 0 Å². The van der Waals surface area contributed by atoms with E-state index >= 15 is 0 Å². The van der Waals surface area contributed by atoms with Gasteiger partial charge in [0.2, 0.25) is 14.2 Å². The van der Waals surface area contributed by atoms with E-state index in [0.717, 1.165) is 16.0 Å². The van der Waals surface area contributed by atoms with E-state index in [0.29, 0.717) is 5.52 Å². The largest absolute Gasteiger partial charge is 0.460 e. The molecule has 0 saturated carbocycles. The Balaban J connectivity index is 1.95. The Morgan fingerprint density at radius 2 is 1.88 bits per heavy atom. The number of carbonyl (C=O) groups excluding carboxylic acids is 1. The van der Waals surface area contributed by atoms with Gasteiger partial charge in [0.1, 0.15) is 5.60 Å². The number of carbonyl (C=O) groups is 1. The highest BCUT2D eigenvalue weighted by Crippen LogP contribution is 2.26. The van der Waals surface area contributed by atoms with Crippen molar-refractivity contribution < 1.29 is 28.2 Å². The van der Waals surface area contributed by atoms with Gasteiger partial charge >= 0.3 is 5.97 Å². The second kappa shape index (κ2) is 7.99. The summed E-state index contributed by atoms with van der Waals surface area (Å²) in [4.78, 5) is 15.8. The third-order valence-electron chi connectivity index (χ3n) is 3.32. The number of hydrogen-bond acceptors (Lipinski definition) is 8. The van der Waals surface area contributed by atoms with E-state index in [4.69, 9.17) is 4.74 Å². The van der Waals surface area contributed by atoms with Crippen LogP contribution in [-0.4, -0.2) is 53.1 Å². The molecule has 0 bridgehead atoms. The highest BCUT2D eigenvalue weighted by Gasteiger charge is 2.27. The second-order valence-corrected chi connectivity index (χ2v) is 10.3. The quantitative estimate of drug-likeness (QED) is 0.681. The normalized spacial score (nSPS) is 15.0. The maximum atomic E-state index is 12.4. The molecule has 1 aromatic carbocycles. The summed E-state index contributed by atoms with van der Waals surface area (Å²) in [6, 6.07) is 7.04. The Labute approximate surface area is 156 Å². The second-order valence-electron chi connectivity index (χ2n) is 7.06. The third-order valence-corrected chi connectivity index (χ3v) is 6.61. The van der Waals surface area contributed by atoms with Gasteiger partial charge < -0.3 is 14.9 Å². The number of benzene rings is 1. The van der Waals surface area contributed by atoms with Gasteiger partial charge in [0.15, 0.2) is 0 Å². The van der Waals surface area contributed by atoms with Crippen LogP contribution < -0.4 is 0 Å². The molecule has 1 aromatic heterocycles. The molecule has 0 amide bonds. The molecule has 2 N–H and O–H groups in total. The van der Waals surface area contributed by atoms with Crippen molar-refractivity contribution in [3.05, 3.63) is 24.3 Å². The Hall–Kier alpha value is -1.55. The molecule has 0 aliphatic carbocycles. The summed E-state index contributed by atoms with van der Waals surface area (Å²) < 4.78 is 30.6. The zero-order chi connectivity index (χ0) is 19.5. The summed E-state index contributed by atoms with van der Waals surface area (Å²) >= 11 is 1.04. The molecule has 1 heterocycles. The molecule has 0 fully saturated rings. The molecular formula is C17H23NO6S2. The van der Waals surface area contributed by atoms with Gasteiger partial charge in [0.25, 0.3) is 0 Å². The number of aromatic nitrogens is 1. The van der Waals surface area contributed by atoms with Crippen molar-refractivity contribution in [2.45, 2.75) is 55.8 Å². The minimum atomic E-state index is -3.79. The molecule has 2 atom stereocenters. The molecule has 0 radical (unpaired) electrons. The van der Waals surface area contributed by atoms with Crippen molar-refractivity contribution in [3.63, 3.8) is 0 Å². The van der Waals surface area contributed by atoms with Gasteiger partial charge in [-0.25, -0.2) is 13.4 Å². The topological polar surface area (TPSA) is 114 Å². The van der Waals surface area contributed by atoms with Crippen LogP contribution in [0.5, 0.6) is 0 Å². The van der Waals surface area contributed by atoms with Crippen LogP contribution >= 0.6 is 11.3 Å². The molecule has 2 aromatic rings. The molecule has 144 valence electrons. The monoisotopic (exact) mass is 401 g/mol. The minimum Gasteiger partial charge on any atom is -0.460 e. The summed E-state index contributed by atoms with van der Waals surface area (Å²) in [5.41, 5.74) is -0.0958. The summed E-state index contributed by atoms with van der Waals surface area (Å²) in [6.07, 6.45) is -3.06. The first-order valence-corrected chi connectivity index (χ1v) is 10.6. The van der Waals surface area contributed by atoms with Gasteiger partial charge in [-0.05, 0) is 32.9 Å². The zero-order valence-electron chi connectivity index (χ0n) is 14.9. The van der Waals surface area contributed by atoms with E-state index in [9.17, 15) is 23.4 Å². The Bertz CT molecular complexity index is 836. The fourth-order valence-corrected chi connectivity index (χ4v) is 5.05. The van der Waals surface area contributed by atoms with Crippen molar-refractivity contribution >= 4 is 37.4 Å². The van der Waals surface area contributed by atoms with Crippen LogP contribution in [0.3, 0.4) is 0 Å². The van der Waals surface area contributed by atoms with E-state index in [2.05, 4.69) is 4.98 Å². The lowest BCUT2D eigenvalue weighted by Gasteiger charge is -2.21. The van der Waals surface area contributed by atoms with Crippen LogP contribution in [0.1, 0.15) is 33.6 Å². The Kier molecular flexibility index (Phi) is 6.38. The van der Waals surface area contributed by atoms with Gasteiger partial charge in [0, 0.05) is 6.42 Å². The molecule has 0 aliphatic heterocycles. The average Bonchev–Trinajstić information content (AvgIpc) is 2.88. The number of nitrogens with zero attached hydrogens (tertiary/aromatic N) is 1. The van der Waals surface area contributed by atoms with Gasteiger partial charge in [-0.15, -0.1) is 11.3 Å². The first-order chi connectivity index (χ1) is 12.0. The zero-order valence-corrected chi connectivity index (χ0v) is 16.5. The molecule has 9 heteroatoms. The predicted octanol–water partition coefficient (Wildman–Crippen LogP) is 1.91. The van der Waals surface area contributed by atoms with Gasteiger partial charge in [-0.2, -0.15) is 0 Å². The van der Waals surface area contributed by atoms with E-state index < -0.39 is 39.4 Å². The molecule has 0 unspecified atom stereocenters. The van der Waals surface area contributed by atoms with E-state index in [-0.39, 0.29) is 17.2 Å². The number of hydrogen-bond donors (Lipinski definition) is 2. The fraction of sp³-hybridized carbons (Fsp3) is 0.529. The Morgan fingerprint density at radius 3 is 2.50 bits per heavy atom. The Morgan fingerprint density at radius 1 is 1.23 bits per heavy atom. The SMILES string of the molecule is CC(C)(C)OC(=O)C[C@H](O)C[C@H](O)CS(=O)(=O)c1nc2ccccc2s1. The number of aliphatic hydroxyl groups excluding tert-OH is 2. The molecule has 26 heavy (non-hydrogen) atoms. The highest BCUT2D eigenvalue weighted by molar-refractivity contribution is 7.93. The third kappa shape index (κ3) is 6.01. The maximum absolute atomic E-state index is 12.4. The van der Waals surface area contributed by atoms with Crippen LogP contribution in [-0.2, 0) is 19.4 Å². The lowest BCUT2D eigenvalue weighted by molar-refractivity contribution is -0.157.